The molecule has 0 radical (unpaired) electrons. The van der Waals surface area contributed by atoms with Crippen molar-refractivity contribution in [1.29, 1.82) is 0 Å². The third kappa shape index (κ3) is 8.08. The Morgan fingerprint density at radius 3 is 2.49 bits per heavy atom. The molecule has 4 rings (SSSR count). The fraction of sp³-hybridized carbons (Fsp3) is 0.344. The van der Waals surface area contributed by atoms with Crippen LogP contribution in [0.5, 0.6) is 5.75 Å². The average molecular weight is 590 g/mol. The van der Waals surface area contributed by atoms with Crippen LogP contribution in [0, 0.1) is 5.82 Å². The fourth-order valence-corrected chi connectivity index (χ4v) is 4.57. The van der Waals surface area contributed by atoms with Crippen LogP contribution in [0.1, 0.15) is 25.6 Å². The summed E-state index contributed by atoms with van der Waals surface area (Å²) in [4.78, 5) is 29.3. The molecule has 0 aliphatic heterocycles. The number of nitrogens with zero attached hydrogens (tertiary/aromatic N) is 4. The number of nitrogens with one attached hydrogen (secondary N) is 3. The van der Waals surface area contributed by atoms with Gasteiger partial charge in [-0.2, -0.15) is 0 Å². The molecular formula is C32H40FN7O3. The van der Waals surface area contributed by atoms with Crippen molar-refractivity contribution in [3.05, 3.63) is 66.4 Å². The average Bonchev–Trinajstić information content (AvgIpc) is 3.43. The molecule has 0 atom stereocenters. The fourth-order valence-electron chi connectivity index (χ4n) is 4.57. The molecule has 0 fully saturated rings. The van der Waals surface area contributed by atoms with Gasteiger partial charge >= 0.3 is 0 Å². The molecule has 0 aliphatic rings. The van der Waals surface area contributed by atoms with E-state index in [9.17, 15) is 14.3 Å². The van der Waals surface area contributed by atoms with Crippen molar-refractivity contribution >= 4 is 28.8 Å². The van der Waals surface area contributed by atoms with E-state index < -0.39 is 0 Å². The summed E-state index contributed by atoms with van der Waals surface area (Å²) in [6.45, 7) is 3.46. The lowest BCUT2D eigenvalue weighted by Gasteiger charge is -2.26. The van der Waals surface area contributed by atoms with Crippen molar-refractivity contribution < 1.29 is 19.0 Å². The molecule has 0 unspecified atom stereocenters. The normalized spacial score (nSPS) is 11.1. The predicted octanol–water partition coefficient (Wildman–Crippen LogP) is 5.30. The number of halogens is 1. The van der Waals surface area contributed by atoms with E-state index >= 15 is 0 Å². The number of aromatic amines is 1. The van der Waals surface area contributed by atoms with Gasteiger partial charge in [-0.25, -0.2) is 14.4 Å². The zero-order chi connectivity index (χ0) is 30.9. The van der Waals surface area contributed by atoms with Crippen molar-refractivity contribution in [2.75, 3.05) is 63.5 Å². The number of carbonyl (C=O) groups is 1. The summed E-state index contributed by atoms with van der Waals surface area (Å²) < 4.78 is 19.4. The largest absolute Gasteiger partial charge is 0.494 e. The summed E-state index contributed by atoms with van der Waals surface area (Å²) in [5.74, 6) is 1.45. The Balaban J connectivity index is 1.71. The number of aryl methyl sites for hydroxylation is 1. The van der Waals surface area contributed by atoms with Crippen LogP contribution in [0.15, 0.2) is 54.7 Å². The molecule has 2 aromatic heterocycles. The number of methoxy groups -OCH3 is 1. The van der Waals surface area contributed by atoms with Crippen LogP contribution in [-0.4, -0.2) is 78.8 Å². The van der Waals surface area contributed by atoms with Gasteiger partial charge in [0.2, 0.25) is 5.91 Å². The van der Waals surface area contributed by atoms with Gasteiger partial charge in [0.05, 0.1) is 35.6 Å². The maximum atomic E-state index is 13.7. The topological polar surface area (TPSA) is 119 Å². The molecule has 10 nitrogen and oxygen atoms in total. The zero-order valence-corrected chi connectivity index (χ0v) is 25.4. The van der Waals surface area contributed by atoms with Crippen LogP contribution < -0.4 is 20.3 Å². The van der Waals surface area contributed by atoms with Gasteiger partial charge < -0.3 is 35.3 Å². The second-order valence-corrected chi connectivity index (χ2v) is 10.5. The minimum atomic E-state index is -0.324. The highest BCUT2D eigenvalue weighted by atomic mass is 19.1. The van der Waals surface area contributed by atoms with Crippen LogP contribution >= 0.6 is 0 Å². The summed E-state index contributed by atoms with van der Waals surface area (Å²) in [7, 11) is 7.62. The highest BCUT2D eigenvalue weighted by Crippen LogP contribution is 2.39. The third-order valence-electron chi connectivity index (χ3n) is 6.96. The molecule has 2 heterocycles. The van der Waals surface area contributed by atoms with Crippen LogP contribution in [0.4, 0.5) is 27.3 Å². The number of benzene rings is 2. The van der Waals surface area contributed by atoms with Gasteiger partial charge in [0.15, 0.2) is 0 Å². The number of H-pyrrole nitrogens is 1. The molecule has 4 aromatic rings. The first-order valence-electron chi connectivity index (χ1n) is 14.3. The quantitative estimate of drug-likeness (QED) is 0.157. The van der Waals surface area contributed by atoms with Crippen LogP contribution in [0.2, 0.25) is 0 Å². The lowest BCUT2D eigenvalue weighted by molar-refractivity contribution is -0.115. The lowest BCUT2D eigenvalue weighted by Crippen LogP contribution is -2.29. The highest BCUT2D eigenvalue weighted by Gasteiger charge is 2.18. The van der Waals surface area contributed by atoms with E-state index in [0.29, 0.717) is 47.9 Å². The SMILES string of the molecule is CCC(=O)Nc1cc(Nc2cc(-c3[nH]c(CCCO)nc3-c3ccc(F)cc3)ccn2)c(OC)cc1N(C)CCN(C)C. The number of likely N-dealkylation sites (N-methyl/N-ethyl adjacent to an activating group) is 2. The van der Waals surface area contributed by atoms with E-state index in [0.717, 1.165) is 41.4 Å². The first-order valence-corrected chi connectivity index (χ1v) is 14.3. The molecule has 11 heteroatoms. The van der Waals surface area contributed by atoms with Gasteiger partial charge in [0, 0.05) is 63.0 Å². The Morgan fingerprint density at radius 1 is 1.05 bits per heavy atom. The van der Waals surface area contributed by atoms with Crippen molar-refractivity contribution in [2.24, 2.45) is 0 Å². The van der Waals surface area contributed by atoms with Crippen LogP contribution in [0.3, 0.4) is 0 Å². The maximum absolute atomic E-state index is 13.7. The number of pyridine rings is 1. The smallest absolute Gasteiger partial charge is 0.224 e. The molecule has 0 spiro atoms. The number of ether oxygens (including phenoxy) is 1. The molecule has 4 N–H and O–H groups in total. The molecule has 2 aromatic carbocycles. The van der Waals surface area contributed by atoms with Gasteiger partial charge in [0.25, 0.3) is 0 Å². The van der Waals surface area contributed by atoms with Gasteiger partial charge in [-0.3, -0.25) is 4.79 Å². The van der Waals surface area contributed by atoms with Gasteiger partial charge in [-0.1, -0.05) is 6.92 Å². The molecule has 0 saturated heterocycles. The van der Waals surface area contributed by atoms with Crippen LogP contribution in [0.25, 0.3) is 22.5 Å². The Labute approximate surface area is 251 Å². The molecule has 0 aliphatic carbocycles. The molecule has 0 saturated carbocycles. The van der Waals surface area contributed by atoms with E-state index in [-0.39, 0.29) is 18.3 Å². The first-order chi connectivity index (χ1) is 20.7. The van der Waals surface area contributed by atoms with Crippen LogP contribution in [-0.2, 0) is 11.2 Å². The summed E-state index contributed by atoms with van der Waals surface area (Å²) in [6, 6.07) is 13.7. The monoisotopic (exact) mass is 589 g/mol. The Kier molecular flexibility index (Phi) is 10.7. The lowest BCUT2D eigenvalue weighted by atomic mass is 10.1. The number of amides is 1. The Hall–Kier alpha value is -4.48. The molecule has 43 heavy (non-hydrogen) atoms. The highest BCUT2D eigenvalue weighted by molar-refractivity contribution is 5.96. The Bertz CT molecular complexity index is 1520. The predicted molar refractivity (Wildman–Crippen MR) is 170 cm³/mol. The van der Waals surface area contributed by atoms with Gasteiger partial charge in [0.1, 0.15) is 23.2 Å². The minimum Gasteiger partial charge on any atom is -0.494 e. The number of aromatic nitrogens is 3. The molecule has 0 bridgehead atoms. The number of carbonyl (C=O) groups excluding carboxylic acids is 1. The first kappa shape index (κ1) is 31.5. The van der Waals surface area contributed by atoms with Crippen molar-refractivity contribution in [1.82, 2.24) is 19.9 Å². The summed E-state index contributed by atoms with van der Waals surface area (Å²) in [5, 5.41) is 15.7. The third-order valence-corrected chi connectivity index (χ3v) is 6.96. The number of rotatable bonds is 14. The molecule has 228 valence electrons. The second-order valence-electron chi connectivity index (χ2n) is 10.5. The van der Waals surface area contributed by atoms with E-state index in [4.69, 9.17) is 9.72 Å². The minimum absolute atomic E-state index is 0.0536. The molecular weight excluding hydrogens is 549 g/mol. The standard InChI is InChI=1S/C32H40FN7O3/c1-6-30(42)36-24-19-25(27(43-5)20-26(24)40(4)16-15-39(2)3)35-29-18-22(13-14-34-29)32-31(21-9-11-23(33)12-10-21)37-28(38-32)8-7-17-41/h9-14,18-20,41H,6-8,15-17H2,1-5H3,(H,34,35)(H,36,42)(H,37,38). The number of imidazole rings is 1. The number of hydrogen-bond acceptors (Lipinski definition) is 8. The number of hydrogen-bond donors (Lipinski definition) is 4. The molecule has 1 amide bonds. The summed E-state index contributed by atoms with van der Waals surface area (Å²) >= 11 is 0. The van der Waals surface area contributed by atoms with E-state index in [2.05, 4.69) is 30.4 Å². The van der Waals surface area contributed by atoms with Gasteiger partial charge in [-0.05, 0) is 63.0 Å². The van der Waals surface area contributed by atoms with Crippen molar-refractivity contribution in [3.8, 4) is 28.3 Å². The Morgan fingerprint density at radius 2 is 1.81 bits per heavy atom. The van der Waals surface area contributed by atoms with E-state index in [1.54, 1.807) is 25.4 Å². The van der Waals surface area contributed by atoms with Crippen molar-refractivity contribution in [2.45, 2.75) is 26.2 Å². The van der Waals surface area contributed by atoms with E-state index in [1.807, 2.05) is 52.3 Å². The van der Waals surface area contributed by atoms with E-state index in [1.165, 1.54) is 12.1 Å². The summed E-state index contributed by atoms with van der Waals surface area (Å²) in [5.41, 5.74) is 5.15. The van der Waals surface area contributed by atoms with Crippen molar-refractivity contribution in [3.63, 3.8) is 0 Å². The number of anilines is 4. The van der Waals surface area contributed by atoms with Gasteiger partial charge in [-0.15, -0.1) is 0 Å². The number of aliphatic hydroxyl groups is 1. The maximum Gasteiger partial charge on any atom is 0.224 e. The number of aliphatic hydroxyl groups excluding tert-OH is 1. The summed E-state index contributed by atoms with van der Waals surface area (Å²) in [6.07, 6.45) is 3.17. The zero-order valence-electron chi connectivity index (χ0n) is 25.4. The second kappa shape index (κ2) is 14.6.